The molecule has 0 bridgehead atoms. The van der Waals surface area contributed by atoms with E-state index in [2.05, 4.69) is 26.6 Å². The first-order valence-corrected chi connectivity index (χ1v) is 7.37. The van der Waals surface area contributed by atoms with Crippen LogP contribution in [0.25, 0.3) is 0 Å². The lowest BCUT2D eigenvalue weighted by Gasteiger charge is -2.23. The Balaban J connectivity index is 0.00000147. The van der Waals surface area contributed by atoms with Gasteiger partial charge in [0, 0.05) is 11.6 Å². The fraction of sp³-hybridized carbons (Fsp3) is 0.500. The average molecular weight is 364 g/mol. The molecule has 6 heteroatoms. The molecule has 1 saturated carbocycles. The molecule has 1 heterocycles. The van der Waals surface area contributed by atoms with E-state index in [1.165, 1.54) is 6.07 Å². The third-order valence-electron chi connectivity index (χ3n) is 4.29. The van der Waals surface area contributed by atoms with E-state index in [4.69, 9.17) is 0 Å². The Kier molecular flexibility index (Phi) is 4.72. The van der Waals surface area contributed by atoms with E-state index in [1.807, 2.05) is 0 Å². The summed E-state index contributed by atoms with van der Waals surface area (Å²) in [5.74, 6) is -0.227. The number of hydrogen-bond donors (Lipinski definition) is 2. The minimum absolute atomic E-state index is 0. The van der Waals surface area contributed by atoms with Gasteiger partial charge in [0.05, 0.1) is 4.47 Å². The zero-order valence-electron chi connectivity index (χ0n) is 10.9. The highest BCUT2D eigenvalue weighted by atomic mass is 79.9. The van der Waals surface area contributed by atoms with E-state index in [1.54, 1.807) is 12.1 Å². The van der Waals surface area contributed by atoms with E-state index in [0.717, 1.165) is 32.4 Å². The number of hydrogen-bond acceptors (Lipinski definition) is 2. The zero-order valence-corrected chi connectivity index (χ0v) is 13.3. The average Bonchev–Trinajstić information content (AvgIpc) is 3.08. The molecule has 1 atom stereocenters. The maximum Gasteiger partial charge on any atom is 0.228 e. The van der Waals surface area contributed by atoms with Crippen LogP contribution in [-0.4, -0.2) is 19.0 Å². The highest BCUT2D eigenvalue weighted by Crippen LogP contribution is 2.58. The van der Waals surface area contributed by atoms with E-state index < -0.39 is 0 Å². The number of benzene rings is 1. The van der Waals surface area contributed by atoms with Crippen molar-refractivity contribution in [2.75, 3.05) is 18.4 Å². The number of anilines is 1. The normalized spacial score (nSPS) is 23.0. The number of piperidine rings is 1. The summed E-state index contributed by atoms with van der Waals surface area (Å²) in [4.78, 5) is 12.2. The van der Waals surface area contributed by atoms with Gasteiger partial charge in [-0.15, -0.1) is 12.4 Å². The number of amides is 1. The predicted octanol–water partition coefficient (Wildman–Crippen LogP) is 3.34. The molecule has 110 valence electrons. The Hall–Kier alpha value is -0.650. The molecule has 1 aromatic carbocycles. The van der Waals surface area contributed by atoms with Crippen LogP contribution in [-0.2, 0) is 4.79 Å². The Bertz CT molecular complexity index is 520. The van der Waals surface area contributed by atoms with E-state index >= 15 is 0 Å². The SMILES string of the molecule is Cl.O=C(Nc1ccc(Br)c(F)c1)C1CC12CCNCC2. The fourth-order valence-electron chi connectivity index (χ4n) is 3.00. The predicted molar refractivity (Wildman–Crippen MR) is 82.6 cm³/mol. The minimum Gasteiger partial charge on any atom is -0.326 e. The lowest BCUT2D eigenvalue weighted by molar-refractivity contribution is -0.118. The van der Waals surface area contributed by atoms with Gasteiger partial charge in [0.2, 0.25) is 5.91 Å². The van der Waals surface area contributed by atoms with Gasteiger partial charge < -0.3 is 10.6 Å². The molecule has 1 aliphatic heterocycles. The summed E-state index contributed by atoms with van der Waals surface area (Å²) in [6, 6.07) is 4.67. The molecule has 2 N–H and O–H groups in total. The number of nitrogens with one attached hydrogen (secondary N) is 2. The summed E-state index contributed by atoms with van der Waals surface area (Å²) in [7, 11) is 0. The van der Waals surface area contributed by atoms with Gasteiger partial charge in [-0.2, -0.15) is 0 Å². The first-order valence-electron chi connectivity index (χ1n) is 6.57. The first kappa shape index (κ1) is 15.7. The second-order valence-electron chi connectivity index (χ2n) is 5.49. The number of rotatable bonds is 2. The highest BCUT2D eigenvalue weighted by molar-refractivity contribution is 9.10. The van der Waals surface area contributed by atoms with Gasteiger partial charge in [0.1, 0.15) is 5.82 Å². The zero-order chi connectivity index (χ0) is 13.5. The minimum atomic E-state index is -0.356. The van der Waals surface area contributed by atoms with Crippen LogP contribution < -0.4 is 10.6 Å². The molecule has 3 rings (SSSR count). The van der Waals surface area contributed by atoms with Crippen molar-refractivity contribution in [2.45, 2.75) is 19.3 Å². The van der Waals surface area contributed by atoms with Gasteiger partial charge in [-0.25, -0.2) is 4.39 Å². The molecule has 1 aromatic rings. The highest BCUT2D eigenvalue weighted by Gasteiger charge is 2.57. The molecule has 0 aromatic heterocycles. The molecule has 3 nitrogen and oxygen atoms in total. The van der Waals surface area contributed by atoms with Crippen LogP contribution in [0.4, 0.5) is 10.1 Å². The van der Waals surface area contributed by atoms with Crippen molar-refractivity contribution in [1.82, 2.24) is 5.32 Å². The fourth-order valence-corrected chi connectivity index (χ4v) is 3.25. The molecular weight excluding hydrogens is 347 g/mol. The van der Waals surface area contributed by atoms with Gasteiger partial charge in [-0.1, -0.05) is 0 Å². The summed E-state index contributed by atoms with van der Waals surface area (Å²) < 4.78 is 13.8. The van der Waals surface area contributed by atoms with Crippen LogP contribution in [0.3, 0.4) is 0 Å². The summed E-state index contributed by atoms with van der Waals surface area (Å²) >= 11 is 3.10. The van der Waals surface area contributed by atoms with Gasteiger partial charge in [-0.05, 0) is 71.9 Å². The quantitative estimate of drug-likeness (QED) is 0.846. The Labute approximate surface area is 132 Å². The van der Waals surface area contributed by atoms with Crippen molar-refractivity contribution in [3.8, 4) is 0 Å². The lowest BCUT2D eigenvalue weighted by atomic mass is 9.92. The molecule has 0 radical (unpaired) electrons. The van der Waals surface area contributed by atoms with Crippen molar-refractivity contribution in [3.05, 3.63) is 28.5 Å². The van der Waals surface area contributed by atoms with Gasteiger partial charge in [0.15, 0.2) is 0 Å². The molecule has 1 saturated heterocycles. The van der Waals surface area contributed by atoms with E-state index in [0.29, 0.717) is 10.2 Å². The second kappa shape index (κ2) is 6.00. The van der Waals surface area contributed by atoms with Crippen LogP contribution >= 0.6 is 28.3 Å². The summed E-state index contributed by atoms with van der Waals surface area (Å²) in [6.45, 7) is 1.99. The molecule has 2 aliphatic rings. The van der Waals surface area contributed by atoms with Crippen LogP contribution in [0.15, 0.2) is 22.7 Å². The maximum absolute atomic E-state index is 13.4. The maximum atomic E-state index is 13.4. The van der Waals surface area contributed by atoms with Crippen molar-refractivity contribution < 1.29 is 9.18 Å². The van der Waals surface area contributed by atoms with Gasteiger partial charge in [0.25, 0.3) is 0 Å². The van der Waals surface area contributed by atoms with Crippen LogP contribution in [0.1, 0.15) is 19.3 Å². The van der Waals surface area contributed by atoms with Gasteiger partial charge >= 0.3 is 0 Å². The largest absolute Gasteiger partial charge is 0.326 e. The monoisotopic (exact) mass is 362 g/mol. The molecule has 20 heavy (non-hydrogen) atoms. The van der Waals surface area contributed by atoms with E-state index in [-0.39, 0.29) is 35.5 Å². The molecule has 1 aliphatic carbocycles. The van der Waals surface area contributed by atoms with Crippen LogP contribution in [0.2, 0.25) is 0 Å². The summed E-state index contributed by atoms with van der Waals surface area (Å²) in [5.41, 5.74) is 0.741. The number of carbonyl (C=O) groups excluding carboxylic acids is 1. The Morgan fingerprint density at radius 3 is 2.75 bits per heavy atom. The lowest BCUT2D eigenvalue weighted by Crippen LogP contribution is -2.31. The molecule has 1 unspecified atom stereocenters. The Morgan fingerprint density at radius 1 is 1.40 bits per heavy atom. The van der Waals surface area contributed by atoms with Crippen molar-refractivity contribution in [2.24, 2.45) is 11.3 Å². The Morgan fingerprint density at radius 2 is 2.10 bits per heavy atom. The van der Waals surface area contributed by atoms with Crippen molar-refractivity contribution in [1.29, 1.82) is 0 Å². The van der Waals surface area contributed by atoms with Crippen LogP contribution in [0.5, 0.6) is 0 Å². The summed E-state index contributed by atoms with van der Waals surface area (Å²) in [6.07, 6.45) is 3.11. The van der Waals surface area contributed by atoms with E-state index in [9.17, 15) is 9.18 Å². The van der Waals surface area contributed by atoms with Crippen molar-refractivity contribution in [3.63, 3.8) is 0 Å². The smallest absolute Gasteiger partial charge is 0.228 e. The molecule has 1 spiro atoms. The second-order valence-corrected chi connectivity index (χ2v) is 6.34. The van der Waals surface area contributed by atoms with Crippen LogP contribution in [0, 0.1) is 17.2 Å². The van der Waals surface area contributed by atoms with Gasteiger partial charge in [-0.3, -0.25) is 4.79 Å². The first-order chi connectivity index (χ1) is 9.11. The standard InChI is InChI=1S/C14H16BrFN2O.ClH/c15-11-2-1-9(7-12(11)16)18-13(19)10-8-14(10)3-5-17-6-4-14;/h1-2,7,10,17H,3-6,8H2,(H,18,19);1H. The number of halogens is 3. The topological polar surface area (TPSA) is 41.1 Å². The third kappa shape index (κ3) is 3.00. The third-order valence-corrected chi connectivity index (χ3v) is 4.94. The molecule has 1 amide bonds. The molecular formula is C14H17BrClFN2O. The van der Waals surface area contributed by atoms with Crippen molar-refractivity contribution >= 4 is 39.9 Å². The summed E-state index contributed by atoms with van der Waals surface area (Å²) in [5, 5.41) is 6.14. The number of carbonyl (C=O) groups is 1. The molecule has 2 fully saturated rings.